The van der Waals surface area contributed by atoms with Gasteiger partial charge in [0.1, 0.15) is 0 Å². The van der Waals surface area contributed by atoms with Gasteiger partial charge in [0.2, 0.25) is 5.91 Å². The quantitative estimate of drug-likeness (QED) is 0.665. The average molecular weight is 307 g/mol. The van der Waals surface area contributed by atoms with Crippen molar-refractivity contribution >= 4 is 17.5 Å². The summed E-state index contributed by atoms with van der Waals surface area (Å²) in [5, 5.41) is 8.59. The fourth-order valence-electron chi connectivity index (χ4n) is 1.77. The molecular formula is C16H25N3O3. The number of amides is 2. The maximum absolute atomic E-state index is 12.3. The summed E-state index contributed by atoms with van der Waals surface area (Å²) >= 11 is 0. The van der Waals surface area contributed by atoms with E-state index >= 15 is 0 Å². The van der Waals surface area contributed by atoms with Gasteiger partial charge in [-0.2, -0.15) is 0 Å². The lowest BCUT2D eigenvalue weighted by Gasteiger charge is -2.21. The van der Waals surface area contributed by atoms with E-state index in [1.165, 1.54) is 0 Å². The van der Waals surface area contributed by atoms with Gasteiger partial charge in [0.15, 0.2) is 0 Å². The Morgan fingerprint density at radius 1 is 1.18 bits per heavy atom. The van der Waals surface area contributed by atoms with E-state index in [2.05, 4.69) is 16.0 Å². The summed E-state index contributed by atoms with van der Waals surface area (Å²) in [5.41, 5.74) is 0.612. The number of anilines is 1. The highest BCUT2D eigenvalue weighted by atomic mass is 16.5. The molecule has 1 aromatic rings. The first-order chi connectivity index (χ1) is 10.3. The molecule has 0 radical (unpaired) electrons. The van der Waals surface area contributed by atoms with Crippen molar-refractivity contribution < 1.29 is 14.3 Å². The molecule has 22 heavy (non-hydrogen) atoms. The third-order valence-electron chi connectivity index (χ3n) is 2.70. The molecule has 0 aromatic heterocycles. The third-order valence-corrected chi connectivity index (χ3v) is 2.70. The summed E-state index contributed by atoms with van der Waals surface area (Å²) in [6, 6.07) is 6.95. The second-order valence-electron chi connectivity index (χ2n) is 5.97. The van der Waals surface area contributed by atoms with Crippen LogP contribution < -0.4 is 16.0 Å². The first-order valence-electron chi connectivity index (χ1n) is 7.24. The van der Waals surface area contributed by atoms with Gasteiger partial charge in [-0.05, 0) is 32.9 Å². The van der Waals surface area contributed by atoms with E-state index in [9.17, 15) is 9.59 Å². The normalized spacial score (nSPS) is 11.1. The van der Waals surface area contributed by atoms with Crippen LogP contribution in [0.2, 0.25) is 0 Å². The van der Waals surface area contributed by atoms with Crippen molar-refractivity contribution in [2.45, 2.75) is 26.3 Å². The number of benzene rings is 1. The van der Waals surface area contributed by atoms with Crippen molar-refractivity contribution in [3.8, 4) is 0 Å². The van der Waals surface area contributed by atoms with Crippen LogP contribution in [0.15, 0.2) is 24.3 Å². The Hall–Kier alpha value is -1.92. The molecule has 6 nitrogen and oxygen atoms in total. The van der Waals surface area contributed by atoms with Gasteiger partial charge in [-0.3, -0.25) is 9.59 Å². The third kappa shape index (κ3) is 6.69. The van der Waals surface area contributed by atoms with Gasteiger partial charge in [-0.1, -0.05) is 12.1 Å². The van der Waals surface area contributed by atoms with Gasteiger partial charge in [0, 0.05) is 19.2 Å². The maximum atomic E-state index is 12.3. The zero-order chi connectivity index (χ0) is 16.6. The van der Waals surface area contributed by atoms with E-state index in [0.717, 1.165) is 0 Å². The van der Waals surface area contributed by atoms with E-state index in [1.807, 2.05) is 20.8 Å². The first kappa shape index (κ1) is 18.1. The molecule has 0 aliphatic carbocycles. The van der Waals surface area contributed by atoms with Crippen LogP contribution in [-0.2, 0) is 9.53 Å². The number of ether oxygens (including phenoxy) is 1. The zero-order valence-electron chi connectivity index (χ0n) is 13.7. The summed E-state index contributed by atoms with van der Waals surface area (Å²) in [4.78, 5) is 24.2. The molecule has 0 unspecified atom stereocenters. The number of hydrogen-bond acceptors (Lipinski definition) is 4. The van der Waals surface area contributed by atoms with E-state index in [0.29, 0.717) is 24.4 Å². The van der Waals surface area contributed by atoms with Crippen molar-refractivity contribution in [3.05, 3.63) is 29.8 Å². The van der Waals surface area contributed by atoms with Gasteiger partial charge in [0.05, 0.1) is 24.4 Å². The Labute approximate surface area is 131 Å². The van der Waals surface area contributed by atoms with Crippen molar-refractivity contribution in [1.29, 1.82) is 0 Å². The fraction of sp³-hybridized carbons (Fsp3) is 0.500. The number of para-hydroxylation sites is 1. The van der Waals surface area contributed by atoms with Crippen LogP contribution in [0.5, 0.6) is 0 Å². The van der Waals surface area contributed by atoms with Crippen LogP contribution in [0.25, 0.3) is 0 Å². The zero-order valence-corrected chi connectivity index (χ0v) is 13.7. The molecule has 6 heteroatoms. The molecule has 0 saturated heterocycles. The SMILES string of the molecule is COCCNCC(=O)Nc1ccccc1C(=O)NC(C)(C)C. The average Bonchev–Trinajstić information content (AvgIpc) is 2.42. The Bertz CT molecular complexity index is 510. The Kier molecular flexibility index (Phi) is 7.01. The highest BCUT2D eigenvalue weighted by Crippen LogP contribution is 2.16. The molecule has 0 saturated carbocycles. The number of carbonyl (C=O) groups excluding carboxylic acids is 2. The van der Waals surface area contributed by atoms with Crippen molar-refractivity contribution in [2.24, 2.45) is 0 Å². The Balaban J connectivity index is 2.67. The van der Waals surface area contributed by atoms with Crippen LogP contribution in [0, 0.1) is 0 Å². The lowest BCUT2D eigenvalue weighted by molar-refractivity contribution is -0.115. The number of methoxy groups -OCH3 is 1. The minimum atomic E-state index is -0.337. The van der Waals surface area contributed by atoms with E-state index in [4.69, 9.17) is 4.74 Å². The number of hydrogen-bond donors (Lipinski definition) is 3. The van der Waals surface area contributed by atoms with Crippen molar-refractivity contribution in [3.63, 3.8) is 0 Å². The monoisotopic (exact) mass is 307 g/mol. The van der Waals surface area contributed by atoms with Gasteiger partial charge in [-0.25, -0.2) is 0 Å². The number of nitrogens with one attached hydrogen (secondary N) is 3. The second kappa shape index (κ2) is 8.51. The largest absolute Gasteiger partial charge is 0.383 e. The summed E-state index contributed by atoms with van der Waals surface area (Å²) in [6.07, 6.45) is 0. The molecule has 122 valence electrons. The standard InChI is InChI=1S/C16H25N3O3/c1-16(2,3)19-15(21)12-7-5-6-8-13(12)18-14(20)11-17-9-10-22-4/h5-8,17H,9-11H2,1-4H3,(H,18,20)(H,19,21). The van der Waals surface area contributed by atoms with Crippen LogP contribution in [-0.4, -0.2) is 44.2 Å². The molecule has 2 amide bonds. The lowest BCUT2D eigenvalue weighted by atomic mass is 10.1. The van der Waals surface area contributed by atoms with Gasteiger partial charge in [0.25, 0.3) is 5.91 Å². The molecule has 1 aromatic carbocycles. The molecule has 0 aliphatic heterocycles. The first-order valence-corrected chi connectivity index (χ1v) is 7.24. The molecule has 0 atom stereocenters. The van der Waals surface area contributed by atoms with Crippen LogP contribution in [0.4, 0.5) is 5.69 Å². The lowest BCUT2D eigenvalue weighted by Crippen LogP contribution is -2.41. The maximum Gasteiger partial charge on any atom is 0.253 e. The van der Waals surface area contributed by atoms with Gasteiger partial charge < -0.3 is 20.7 Å². The van der Waals surface area contributed by atoms with Gasteiger partial charge >= 0.3 is 0 Å². The molecule has 3 N–H and O–H groups in total. The molecular weight excluding hydrogens is 282 g/mol. The van der Waals surface area contributed by atoms with Crippen LogP contribution >= 0.6 is 0 Å². The summed E-state index contributed by atoms with van der Waals surface area (Å²) < 4.78 is 4.89. The van der Waals surface area contributed by atoms with Crippen LogP contribution in [0.3, 0.4) is 0 Å². The minimum absolute atomic E-state index is 0.165. The highest BCUT2D eigenvalue weighted by Gasteiger charge is 2.18. The highest BCUT2D eigenvalue weighted by molar-refractivity contribution is 6.04. The number of carbonyl (C=O) groups is 2. The van der Waals surface area contributed by atoms with Gasteiger partial charge in [-0.15, -0.1) is 0 Å². The van der Waals surface area contributed by atoms with E-state index in [1.54, 1.807) is 31.4 Å². The topological polar surface area (TPSA) is 79.5 Å². The summed E-state index contributed by atoms with van der Waals surface area (Å²) in [5.74, 6) is -0.414. The fourth-order valence-corrected chi connectivity index (χ4v) is 1.77. The second-order valence-corrected chi connectivity index (χ2v) is 5.97. The number of rotatable bonds is 7. The van der Waals surface area contributed by atoms with Crippen LogP contribution in [0.1, 0.15) is 31.1 Å². The Morgan fingerprint density at radius 2 is 1.86 bits per heavy atom. The molecule has 0 heterocycles. The van der Waals surface area contributed by atoms with E-state index < -0.39 is 0 Å². The summed E-state index contributed by atoms with van der Waals surface area (Å²) in [7, 11) is 1.60. The molecule has 1 rings (SSSR count). The Morgan fingerprint density at radius 3 is 2.50 bits per heavy atom. The molecule has 0 bridgehead atoms. The van der Waals surface area contributed by atoms with Crippen molar-refractivity contribution in [1.82, 2.24) is 10.6 Å². The van der Waals surface area contributed by atoms with E-state index in [-0.39, 0.29) is 23.9 Å². The predicted molar refractivity (Wildman–Crippen MR) is 87.0 cm³/mol. The molecule has 0 spiro atoms. The smallest absolute Gasteiger partial charge is 0.253 e. The molecule has 0 fully saturated rings. The van der Waals surface area contributed by atoms with Crippen molar-refractivity contribution in [2.75, 3.05) is 32.1 Å². The molecule has 0 aliphatic rings. The minimum Gasteiger partial charge on any atom is -0.383 e. The predicted octanol–water partition coefficient (Wildman–Crippen LogP) is 1.39. The summed E-state index contributed by atoms with van der Waals surface area (Å²) in [6.45, 7) is 7.02.